The average Bonchev–Trinajstić information content (AvgIpc) is 2.55. The third-order valence-electron chi connectivity index (χ3n) is 3.03. The SMILES string of the molecule is CCOc1cccc(NC(=O)c2ccccc2N=C(N)N=C(N)N)c1. The van der Waals surface area contributed by atoms with Gasteiger partial charge in [0.05, 0.1) is 17.9 Å². The number of rotatable bonds is 5. The fourth-order valence-corrected chi connectivity index (χ4v) is 2.07. The minimum Gasteiger partial charge on any atom is -0.494 e. The number of nitrogens with zero attached hydrogens (tertiary/aromatic N) is 2. The van der Waals surface area contributed by atoms with Gasteiger partial charge in [-0.25, -0.2) is 4.99 Å². The summed E-state index contributed by atoms with van der Waals surface area (Å²) in [5.41, 5.74) is 17.4. The Kier molecular flexibility index (Phi) is 5.94. The maximum absolute atomic E-state index is 12.6. The molecule has 1 amide bonds. The van der Waals surface area contributed by atoms with E-state index < -0.39 is 0 Å². The summed E-state index contributed by atoms with van der Waals surface area (Å²) in [6.45, 7) is 2.43. The molecule has 2 aromatic rings. The summed E-state index contributed by atoms with van der Waals surface area (Å²) in [6.07, 6.45) is 0. The van der Waals surface area contributed by atoms with Gasteiger partial charge in [-0.15, -0.1) is 0 Å². The number of carbonyl (C=O) groups excluding carboxylic acids is 1. The van der Waals surface area contributed by atoms with Crippen LogP contribution in [0.2, 0.25) is 0 Å². The molecule has 8 heteroatoms. The Bertz CT molecular complexity index is 812. The third kappa shape index (κ3) is 5.24. The quantitative estimate of drug-likeness (QED) is 0.483. The molecule has 0 aliphatic heterocycles. The van der Waals surface area contributed by atoms with E-state index in [0.29, 0.717) is 29.3 Å². The second-order valence-electron chi connectivity index (χ2n) is 4.94. The van der Waals surface area contributed by atoms with Crippen molar-refractivity contribution in [2.24, 2.45) is 27.2 Å². The maximum Gasteiger partial charge on any atom is 0.257 e. The monoisotopic (exact) mass is 340 g/mol. The lowest BCUT2D eigenvalue weighted by Gasteiger charge is -2.09. The van der Waals surface area contributed by atoms with Crippen molar-refractivity contribution in [1.82, 2.24) is 0 Å². The second-order valence-corrected chi connectivity index (χ2v) is 4.94. The number of aliphatic imine (C=N–C) groups is 2. The smallest absolute Gasteiger partial charge is 0.257 e. The Hall–Kier alpha value is -3.55. The van der Waals surface area contributed by atoms with Crippen LogP contribution in [-0.2, 0) is 0 Å². The Labute approximate surface area is 145 Å². The highest BCUT2D eigenvalue weighted by Crippen LogP contribution is 2.22. The first-order valence-electron chi connectivity index (χ1n) is 7.56. The number of anilines is 1. The van der Waals surface area contributed by atoms with E-state index in [0.717, 1.165) is 0 Å². The van der Waals surface area contributed by atoms with Crippen LogP contribution in [0.15, 0.2) is 58.5 Å². The molecule has 0 saturated heterocycles. The number of para-hydroxylation sites is 1. The van der Waals surface area contributed by atoms with Crippen LogP contribution in [-0.4, -0.2) is 24.4 Å². The summed E-state index contributed by atoms with van der Waals surface area (Å²) >= 11 is 0. The molecule has 0 aliphatic rings. The number of benzene rings is 2. The van der Waals surface area contributed by atoms with E-state index >= 15 is 0 Å². The van der Waals surface area contributed by atoms with E-state index in [1.54, 1.807) is 42.5 Å². The van der Waals surface area contributed by atoms with Crippen molar-refractivity contribution in [2.75, 3.05) is 11.9 Å². The van der Waals surface area contributed by atoms with Gasteiger partial charge in [-0.3, -0.25) is 4.79 Å². The third-order valence-corrected chi connectivity index (χ3v) is 3.03. The molecule has 0 fully saturated rings. The first-order valence-corrected chi connectivity index (χ1v) is 7.56. The lowest BCUT2D eigenvalue weighted by atomic mass is 10.1. The molecule has 0 saturated carbocycles. The molecule has 7 N–H and O–H groups in total. The number of guanidine groups is 2. The summed E-state index contributed by atoms with van der Waals surface area (Å²) in [6, 6.07) is 13.8. The Morgan fingerprint density at radius 1 is 1.12 bits per heavy atom. The molecule has 0 radical (unpaired) electrons. The van der Waals surface area contributed by atoms with Crippen molar-refractivity contribution >= 4 is 29.2 Å². The highest BCUT2D eigenvalue weighted by Gasteiger charge is 2.11. The van der Waals surface area contributed by atoms with Crippen LogP contribution in [0.5, 0.6) is 5.75 Å². The van der Waals surface area contributed by atoms with Gasteiger partial charge in [0.25, 0.3) is 5.91 Å². The molecule has 2 rings (SSSR count). The molecular formula is C17H20N6O2. The zero-order valence-electron chi connectivity index (χ0n) is 13.8. The lowest BCUT2D eigenvalue weighted by molar-refractivity contribution is 0.102. The molecule has 0 bridgehead atoms. The summed E-state index contributed by atoms with van der Waals surface area (Å²) in [5, 5.41) is 2.80. The van der Waals surface area contributed by atoms with Crippen LogP contribution in [0, 0.1) is 0 Å². The van der Waals surface area contributed by atoms with E-state index in [1.165, 1.54) is 0 Å². The van der Waals surface area contributed by atoms with Gasteiger partial charge in [0.15, 0.2) is 5.96 Å². The number of ether oxygens (including phenoxy) is 1. The van der Waals surface area contributed by atoms with Crippen LogP contribution >= 0.6 is 0 Å². The number of amides is 1. The number of hydrogen-bond acceptors (Lipinski definition) is 3. The van der Waals surface area contributed by atoms with Crippen molar-refractivity contribution < 1.29 is 9.53 Å². The molecule has 0 unspecified atom stereocenters. The number of carbonyl (C=O) groups is 1. The summed E-state index contributed by atoms with van der Waals surface area (Å²) < 4.78 is 5.42. The number of nitrogens with two attached hydrogens (primary N) is 3. The van der Waals surface area contributed by atoms with E-state index in [4.69, 9.17) is 21.9 Å². The first kappa shape index (κ1) is 17.8. The van der Waals surface area contributed by atoms with Crippen LogP contribution in [0.3, 0.4) is 0 Å². The predicted molar refractivity (Wildman–Crippen MR) is 99.1 cm³/mol. The zero-order chi connectivity index (χ0) is 18.2. The number of nitrogens with one attached hydrogen (secondary N) is 1. The van der Waals surface area contributed by atoms with Gasteiger partial charge in [-0.05, 0) is 31.2 Å². The standard InChI is InChI=1S/C17H20N6O2/c1-2-25-12-7-5-6-11(10-12)21-15(24)13-8-3-4-9-14(13)22-17(20)23-16(18)19/h3-10H,2H2,1H3,(H,21,24)(H6,18,19,20,22,23). The normalized spacial score (nSPS) is 10.8. The Balaban J connectivity index is 2.25. The van der Waals surface area contributed by atoms with Crippen LogP contribution in [0.1, 0.15) is 17.3 Å². The largest absolute Gasteiger partial charge is 0.494 e. The molecule has 0 atom stereocenters. The van der Waals surface area contributed by atoms with Gasteiger partial charge < -0.3 is 27.3 Å². The van der Waals surface area contributed by atoms with Gasteiger partial charge in [0.2, 0.25) is 5.96 Å². The number of hydrogen-bond donors (Lipinski definition) is 4. The van der Waals surface area contributed by atoms with Crippen molar-refractivity contribution in [3.63, 3.8) is 0 Å². The van der Waals surface area contributed by atoms with Crippen molar-refractivity contribution in [3.8, 4) is 5.75 Å². The van der Waals surface area contributed by atoms with E-state index in [-0.39, 0.29) is 17.8 Å². The Morgan fingerprint density at radius 2 is 1.88 bits per heavy atom. The van der Waals surface area contributed by atoms with Gasteiger partial charge in [0, 0.05) is 11.8 Å². The minimum absolute atomic E-state index is 0.140. The molecule has 2 aromatic carbocycles. The summed E-state index contributed by atoms with van der Waals surface area (Å²) in [5.74, 6) is -0.0244. The highest BCUT2D eigenvalue weighted by atomic mass is 16.5. The van der Waals surface area contributed by atoms with Gasteiger partial charge >= 0.3 is 0 Å². The molecule has 8 nitrogen and oxygen atoms in total. The van der Waals surface area contributed by atoms with E-state index in [9.17, 15) is 4.79 Å². The molecule has 0 spiro atoms. The van der Waals surface area contributed by atoms with E-state index in [1.807, 2.05) is 13.0 Å². The van der Waals surface area contributed by atoms with Crippen LogP contribution < -0.4 is 27.3 Å². The zero-order valence-corrected chi connectivity index (χ0v) is 13.8. The molecule has 130 valence electrons. The summed E-state index contributed by atoms with van der Waals surface area (Å²) in [7, 11) is 0. The Morgan fingerprint density at radius 3 is 2.60 bits per heavy atom. The minimum atomic E-state index is -0.342. The van der Waals surface area contributed by atoms with Crippen LogP contribution in [0.4, 0.5) is 11.4 Å². The van der Waals surface area contributed by atoms with E-state index in [2.05, 4.69) is 15.3 Å². The van der Waals surface area contributed by atoms with Crippen molar-refractivity contribution in [1.29, 1.82) is 0 Å². The van der Waals surface area contributed by atoms with Gasteiger partial charge in [0.1, 0.15) is 5.75 Å². The fourth-order valence-electron chi connectivity index (χ4n) is 2.07. The molecular weight excluding hydrogens is 320 g/mol. The highest BCUT2D eigenvalue weighted by molar-refractivity contribution is 6.08. The second kappa shape index (κ2) is 8.34. The van der Waals surface area contributed by atoms with Crippen molar-refractivity contribution in [2.45, 2.75) is 6.92 Å². The van der Waals surface area contributed by atoms with Gasteiger partial charge in [-0.2, -0.15) is 4.99 Å². The van der Waals surface area contributed by atoms with Crippen LogP contribution in [0.25, 0.3) is 0 Å². The van der Waals surface area contributed by atoms with Crippen molar-refractivity contribution in [3.05, 3.63) is 54.1 Å². The average molecular weight is 340 g/mol. The first-order chi connectivity index (χ1) is 12.0. The molecule has 0 heterocycles. The molecule has 0 aromatic heterocycles. The molecule has 0 aliphatic carbocycles. The van der Waals surface area contributed by atoms with Gasteiger partial charge in [-0.1, -0.05) is 18.2 Å². The lowest BCUT2D eigenvalue weighted by Crippen LogP contribution is -2.26. The molecule has 25 heavy (non-hydrogen) atoms. The predicted octanol–water partition coefficient (Wildman–Crippen LogP) is 1.56. The summed E-state index contributed by atoms with van der Waals surface area (Å²) in [4.78, 5) is 20.3. The topological polar surface area (TPSA) is 141 Å². The fraction of sp³-hybridized carbons (Fsp3) is 0.118. The maximum atomic E-state index is 12.6.